The predicted molar refractivity (Wildman–Crippen MR) is 94.3 cm³/mol. The second-order valence-corrected chi connectivity index (χ2v) is 8.06. The number of hydrogen-bond donors (Lipinski definition) is 0. The Bertz CT molecular complexity index is 627. The van der Waals surface area contributed by atoms with E-state index in [1.54, 1.807) is 6.08 Å². The Morgan fingerprint density at radius 1 is 1.33 bits per heavy atom. The van der Waals surface area contributed by atoms with E-state index in [4.69, 9.17) is 4.74 Å². The number of allylic oxidation sites excluding steroid dienone is 4. The summed E-state index contributed by atoms with van der Waals surface area (Å²) in [6.07, 6.45) is 9.43. The smallest absolute Gasteiger partial charge is 0.310 e. The molecule has 0 spiro atoms. The Morgan fingerprint density at radius 3 is 2.62 bits per heavy atom. The fourth-order valence-electron chi connectivity index (χ4n) is 4.31. The van der Waals surface area contributed by atoms with Gasteiger partial charge in [-0.1, -0.05) is 31.6 Å². The summed E-state index contributed by atoms with van der Waals surface area (Å²) in [4.78, 5) is 24.7. The molecule has 3 rings (SSSR count). The van der Waals surface area contributed by atoms with E-state index in [2.05, 4.69) is 26.5 Å². The van der Waals surface area contributed by atoms with Crippen LogP contribution in [0.4, 0.5) is 0 Å². The van der Waals surface area contributed by atoms with E-state index in [-0.39, 0.29) is 35.1 Å². The summed E-state index contributed by atoms with van der Waals surface area (Å²) in [5.74, 6) is 0.158. The van der Waals surface area contributed by atoms with Gasteiger partial charge in [-0.25, -0.2) is 0 Å². The van der Waals surface area contributed by atoms with Crippen molar-refractivity contribution in [3.63, 3.8) is 0 Å². The number of ether oxygens (including phenoxy) is 1. The second kappa shape index (κ2) is 6.34. The highest BCUT2D eigenvalue weighted by atomic mass is 16.5. The number of rotatable bonds is 5. The van der Waals surface area contributed by atoms with Gasteiger partial charge in [0, 0.05) is 5.57 Å². The third-order valence-corrected chi connectivity index (χ3v) is 6.10. The molecule has 24 heavy (non-hydrogen) atoms. The van der Waals surface area contributed by atoms with Crippen molar-refractivity contribution in [2.45, 2.75) is 65.4 Å². The molecule has 0 aromatic carbocycles. The van der Waals surface area contributed by atoms with Crippen LogP contribution in [0, 0.1) is 17.3 Å². The molecule has 0 aromatic heterocycles. The van der Waals surface area contributed by atoms with E-state index < -0.39 is 0 Å². The van der Waals surface area contributed by atoms with E-state index in [0.29, 0.717) is 12.8 Å². The van der Waals surface area contributed by atoms with Crippen molar-refractivity contribution < 1.29 is 14.3 Å². The molecule has 3 nitrogen and oxygen atoms in total. The third-order valence-electron chi connectivity index (χ3n) is 6.10. The Kier molecular flexibility index (Phi) is 4.54. The minimum Gasteiger partial charge on any atom is -0.457 e. The van der Waals surface area contributed by atoms with Crippen LogP contribution in [0.25, 0.3) is 0 Å². The Labute approximate surface area is 144 Å². The van der Waals surface area contributed by atoms with Crippen LogP contribution < -0.4 is 0 Å². The first-order chi connectivity index (χ1) is 11.4. The lowest BCUT2D eigenvalue weighted by Gasteiger charge is -2.13. The average Bonchev–Trinajstić information content (AvgIpc) is 2.87. The summed E-state index contributed by atoms with van der Waals surface area (Å²) < 4.78 is 5.74. The standard InChI is InChI=1S/C21H28O3/c1-5-8-15-13(2)18(12-17(15)22)24-20(23)19-16(21(19,3)4)11-14-9-6-7-10-14/h5,11,16,18-19H,1,6-10,12H2,2-4H3/t16-,18?,19+/m1/s1. The summed E-state index contributed by atoms with van der Waals surface area (Å²) in [5.41, 5.74) is 3.14. The monoisotopic (exact) mass is 328 g/mol. The van der Waals surface area contributed by atoms with Crippen LogP contribution in [0.3, 0.4) is 0 Å². The molecule has 0 aliphatic heterocycles. The summed E-state index contributed by atoms with van der Waals surface area (Å²) in [5, 5.41) is 0. The summed E-state index contributed by atoms with van der Waals surface area (Å²) in [6, 6.07) is 0. The summed E-state index contributed by atoms with van der Waals surface area (Å²) >= 11 is 0. The van der Waals surface area contributed by atoms with Crippen molar-refractivity contribution in [3.05, 3.63) is 35.5 Å². The molecule has 3 aliphatic carbocycles. The van der Waals surface area contributed by atoms with Crippen LogP contribution in [-0.2, 0) is 14.3 Å². The zero-order valence-corrected chi connectivity index (χ0v) is 15.1. The molecule has 0 radical (unpaired) electrons. The van der Waals surface area contributed by atoms with Crippen molar-refractivity contribution in [3.8, 4) is 0 Å². The first kappa shape index (κ1) is 17.2. The zero-order chi connectivity index (χ0) is 17.5. The molecule has 3 atom stereocenters. The number of ketones is 1. The number of Topliss-reactive ketones (excluding diaryl/α,β-unsaturated/α-hetero) is 1. The highest BCUT2D eigenvalue weighted by Gasteiger charge is 2.62. The van der Waals surface area contributed by atoms with Gasteiger partial charge >= 0.3 is 5.97 Å². The van der Waals surface area contributed by atoms with Crippen molar-refractivity contribution in [1.29, 1.82) is 0 Å². The minimum atomic E-state index is -0.379. The van der Waals surface area contributed by atoms with Gasteiger partial charge in [0.1, 0.15) is 6.10 Å². The fourth-order valence-corrected chi connectivity index (χ4v) is 4.31. The first-order valence-corrected chi connectivity index (χ1v) is 9.10. The summed E-state index contributed by atoms with van der Waals surface area (Å²) in [6.45, 7) is 9.88. The minimum absolute atomic E-state index is 0.0309. The molecule has 0 aromatic rings. The largest absolute Gasteiger partial charge is 0.457 e. The number of carbonyl (C=O) groups excluding carboxylic acids is 2. The van der Waals surface area contributed by atoms with Gasteiger partial charge < -0.3 is 4.74 Å². The molecule has 0 saturated heterocycles. The molecule has 0 N–H and O–H groups in total. The molecule has 1 unspecified atom stereocenters. The highest BCUT2D eigenvalue weighted by molar-refractivity contribution is 6.00. The van der Waals surface area contributed by atoms with E-state index in [9.17, 15) is 9.59 Å². The second-order valence-electron chi connectivity index (χ2n) is 8.06. The van der Waals surface area contributed by atoms with Crippen LogP contribution in [0.5, 0.6) is 0 Å². The van der Waals surface area contributed by atoms with Gasteiger partial charge in [0.15, 0.2) is 5.78 Å². The topological polar surface area (TPSA) is 43.4 Å². The van der Waals surface area contributed by atoms with Crippen LogP contribution in [0.1, 0.15) is 59.3 Å². The average molecular weight is 328 g/mol. The number of carbonyl (C=O) groups is 2. The SMILES string of the molecule is C=CCC1=C(C)C(OC(=O)[C@@H]2[C@@H](C=C3CCCC3)C2(C)C)CC1=O. The Balaban J connectivity index is 1.66. The molecular weight excluding hydrogens is 300 g/mol. The molecule has 2 saturated carbocycles. The lowest BCUT2D eigenvalue weighted by molar-refractivity contribution is -0.150. The quantitative estimate of drug-likeness (QED) is 0.550. The lowest BCUT2D eigenvalue weighted by Crippen LogP contribution is -2.20. The molecular formula is C21H28O3. The highest BCUT2D eigenvalue weighted by Crippen LogP contribution is 2.60. The van der Waals surface area contributed by atoms with Crippen LogP contribution in [0.2, 0.25) is 0 Å². The van der Waals surface area contributed by atoms with Crippen molar-refractivity contribution in [2.24, 2.45) is 17.3 Å². The first-order valence-electron chi connectivity index (χ1n) is 9.10. The lowest BCUT2D eigenvalue weighted by atomic mass is 10.1. The van der Waals surface area contributed by atoms with Crippen molar-refractivity contribution >= 4 is 11.8 Å². The van der Waals surface area contributed by atoms with Gasteiger partial charge in [-0.15, -0.1) is 6.58 Å². The Hall–Kier alpha value is -1.64. The molecule has 130 valence electrons. The fraction of sp³-hybridized carbons (Fsp3) is 0.619. The van der Waals surface area contributed by atoms with Crippen LogP contribution in [0.15, 0.2) is 35.5 Å². The van der Waals surface area contributed by atoms with Gasteiger partial charge in [-0.3, -0.25) is 9.59 Å². The maximum absolute atomic E-state index is 12.7. The van der Waals surface area contributed by atoms with E-state index in [1.807, 2.05) is 6.92 Å². The van der Waals surface area contributed by atoms with Crippen LogP contribution in [-0.4, -0.2) is 17.9 Å². The van der Waals surface area contributed by atoms with Gasteiger partial charge in [-0.05, 0) is 55.9 Å². The van der Waals surface area contributed by atoms with Gasteiger partial charge in [0.05, 0.1) is 12.3 Å². The summed E-state index contributed by atoms with van der Waals surface area (Å²) in [7, 11) is 0. The van der Waals surface area contributed by atoms with E-state index in [1.165, 1.54) is 31.3 Å². The maximum atomic E-state index is 12.7. The van der Waals surface area contributed by atoms with Gasteiger partial charge in [-0.2, -0.15) is 0 Å². The molecule has 0 heterocycles. The number of hydrogen-bond acceptors (Lipinski definition) is 3. The maximum Gasteiger partial charge on any atom is 0.310 e. The molecule has 3 heteroatoms. The zero-order valence-electron chi connectivity index (χ0n) is 15.1. The molecule has 0 amide bonds. The molecule has 0 bridgehead atoms. The normalized spacial score (nSPS) is 31.4. The molecule has 2 fully saturated rings. The van der Waals surface area contributed by atoms with Gasteiger partial charge in [0.2, 0.25) is 0 Å². The van der Waals surface area contributed by atoms with Gasteiger partial charge in [0.25, 0.3) is 0 Å². The number of esters is 1. The third kappa shape index (κ3) is 3.01. The predicted octanol–water partition coefficient (Wildman–Crippen LogP) is 4.54. The van der Waals surface area contributed by atoms with E-state index >= 15 is 0 Å². The van der Waals surface area contributed by atoms with Crippen molar-refractivity contribution in [2.75, 3.05) is 0 Å². The Morgan fingerprint density at radius 2 is 2.00 bits per heavy atom. The van der Waals surface area contributed by atoms with Crippen molar-refractivity contribution in [1.82, 2.24) is 0 Å². The molecule has 3 aliphatic rings. The van der Waals surface area contributed by atoms with E-state index in [0.717, 1.165) is 11.1 Å². The van der Waals surface area contributed by atoms with Crippen LogP contribution >= 0.6 is 0 Å².